The Hall–Kier alpha value is -2.84. The van der Waals surface area contributed by atoms with E-state index in [9.17, 15) is 9.90 Å². The highest BCUT2D eigenvalue weighted by Gasteiger charge is 2.53. The lowest BCUT2D eigenvalue weighted by Gasteiger charge is -2.26. The summed E-state index contributed by atoms with van der Waals surface area (Å²) < 4.78 is 22.7. The van der Waals surface area contributed by atoms with Gasteiger partial charge < -0.3 is 19.7 Å². The van der Waals surface area contributed by atoms with Crippen molar-refractivity contribution in [3.63, 3.8) is 0 Å². The number of ether oxygens (including phenoxy) is 1. The maximum atomic E-state index is 15.4. The van der Waals surface area contributed by atoms with Crippen molar-refractivity contribution in [3.05, 3.63) is 54.5 Å². The minimum Gasteiger partial charge on any atom is -0.394 e. The third-order valence-electron chi connectivity index (χ3n) is 5.44. The fourth-order valence-corrected chi connectivity index (χ4v) is 3.57. The molecule has 8 heteroatoms. The standard InChI is InChI=1S/C20H21FN4O3/c1-12-15(10-26)28-19(20(12,2)21)25-9-8-14-16(22-11-23-17(14)25)24-18(27)13-6-4-3-5-7-13/h3-9,11-12,15,19,26H,10H2,1-2H3,(H,22,23,24,27)/t12-,15-,19-,20-/m1/s1. The van der Waals surface area contributed by atoms with Crippen molar-refractivity contribution in [2.24, 2.45) is 5.92 Å². The van der Waals surface area contributed by atoms with Crippen LogP contribution in [0.3, 0.4) is 0 Å². The Morgan fingerprint density at radius 3 is 2.75 bits per heavy atom. The van der Waals surface area contributed by atoms with Crippen LogP contribution >= 0.6 is 0 Å². The van der Waals surface area contributed by atoms with Crippen LogP contribution in [0.1, 0.15) is 30.4 Å². The maximum Gasteiger partial charge on any atom is 0.256 e. The average Bonchev–Trinajstić information content (AvgIpc) is 3.22. The molecular weight excluding hydrogens is 363 g/mol. The number of hydrogen-bond donors (Lipinski definition) is 2. The largest absolute Gasteiger partial charge is 0.394 e. The Bertz CT molecular complexity index is 1010. The monoisotopic (exact) mass is 384 g/mol. The number of anilines is 1. The van der Waals surface area contributed by atoms with Crippen molar-refractivity contribution in [2.45, 2.75) is 31.8 Å². The van der Waals surface area contributed by atoms with Crippen molar-refractivity contribution in [3.8, 4) is 0 Å². The number of carbonyl (C=O) groups is 1. The van der Waals surface area contributed by atoms with Gasteiger partial charge in [-0.3, -0.25) is 4.79 Å². The van der Waals surface area contributed by atoms with Gasteiger partial charge in [0, 0.05) is 17.7 Å². The van der Waals surface area contributed by atoms with E-state index in [2.05, 4.69) is 15.3 Å². The van der Waals surface area contributed by atoms with E-state index in [0.717, 1.165) is 0 Å². The summed E-state index contributed by atoms with van der Waals surface area (Å²) in [5, 5.41) is 12.8. The SMILES string of the molecule is C[C@@H]1[C@@H](CO)O[C@@H](n2ccc3c(NC(=O)c4ccccc4)ncnc32)[C@]1(C)F. The molecule has 1 aliphatic rings. The van der Waals surface area contributed by atoms with Gasteiger partial charge in [0.1, 0.15) is 17.8 Å². The van der Waals surface area contributed by atoms with Crippen LogP contribution in [0.2, 0.25) is 0 Å². The van der Waals surface area contributed by atoms with Crippen LogP contribution in [0.25, 0.3) is 11.0 Å². The van der Waals surface area contributed by atoms with Crippen molar-refractivity contribution in [2.75, 3.05) is 11.9 Å². The van der Waals surface area contributed by atoms with Crippen LogP contribution in [0.15, 0.2) is 48.9 Å². The zero-order valence-electron chi connectivity index (χ0n) is 15.5. The van der Waals surface area contributed by atoms with E-state index in [1.165, 1.54) is 13.3 Å². The van der Waals surface area contributed by atoms with Gasteiger partial charge in [0.2, 0.25) is 0 Å². The summed E-state index contributed by atoms with van der Waals surface area (Å²) in [7, 11) is 0. The zero-order chi connectivity index (χ0) is 19.9. The molecule has 1 fully saturated rings. The van der Waals surface area contributed by atoms with Crippen LogP contribution in [0.4, 0.5) is 10.2 Å². The Morgan fingerprint density at radius 2 is 2.07 bits per heavy atom. The van der Waals surface area contributed by atoms with Gasteiger partial charge in [-0.1, -0.05) is 25.1 Å². The van der Waals surface area contributed by atoms with Gasteiger partial charge in [0.25, 0.3) is 5.91 Å². The molecule has 0 saturated carbocycles. The molecule has 2 N–H and O–H groups in total. The smallest absolute Gasteiger partial charge is 0.256 e. The van der Waals surface area contributed by atoms with Crippen LogP contribution in [-0.4, -0.2) is 43.9 Å². The topological polar surface area (TPSA) is 89.3 Å². The zero-order valence-corrected chi connectivity index (χ0v) is 15.5. The Kier molecular flexibility index (Phi) is 4.60. The minimum absolute atomic E-state index is 0.260. The van der Waals surface area contributed by atoms with Gasteiger partial charge in [0.05, 0.1) is 18.1 Å². The Balaban J connectivity index is 1.69. The molecule has 1 aliphatic heterocycles. The fraction of sp³-hybridized carbons (Fsp3) is 0.350. The number of aliphatic hydroxyl groups excluding tert-OH is 1. The summed E-state index contributed by atoms with van der Waals surface area (Å²) in [5.41, 5.74) is -0.751. The van der Waals surface area contributed by atoms with Gasteiger partial charge in [-0.15, -0.1) is 0 Å². The number of halogens is 1. The number of aliphatic hydroxyl groups is 1. The van der Waals surface area contributed by atoms with E-state index in [1.54, 1.807) is 48.0 Å². The second-order valence-corrected chi connectivity index (χ2v) is 7.15. The minimum atomic E-state index is -1.70. The van der Waals surface area contributed by atoms with Crippen LogP contribution < -0.4 is 5.32 Å². The summed E-state index contributed by atoms with van der Waals surface area (Å²) in [6.45, 7) is 2.92. The first-order valence-corrected chi connectivity index (χ1v) is 9.06. The number of hydrogen-bond acceptors (Lipinski definition) is 5. The summed E-state index contributed by atoms with van der Waals surface area (Å²) in [4.78, 5) is 20.9. The van der Waals surface area contributed by atoms with E-state index in [1.807, 2.05) is 6.07 Å². The van der Waals surface area contributed by atoms with E-state index in [-0.39, 0.29) is 12.5 Å². The number of carbonyl (C=O) groups excluding carboxylic acids is 1. The fourth-order valence-electron chi connectivity index (χ4n) is 3.57. The number of nitrogens with one attached hydrogen (secondary N) is 1. The molecule has 1 aromatic carbocycles. The first kappa shape index (κ1) is 18.5. The number of nitrogens with zero attached hydrogens (tertiary/aromatic N) is 3. The molecule has 0 aliphatic carbocycles. The first-order valence-electron chi connectivity index (χ1n) is 9.06. The lowest BCUT2D eigenvalue weighted by atomic mass is 9.90. The molecular formula is C20H21FN4O3. The molecule has 4 rings (SSSR count). The normalized spacial score (nSPS) is 27.2. The number of alkyl halides is 1. The van der Waals surface area contributed by atoms with Crippen LogP contribution in [-0.2, 0) is 4.74 Å². The highest BCUT2D eigenvalue weighted by molar-refractivity contribution is 6.07. The van der Waals surface area contributed by atoms with Crippen LogP contribution in [0, 0.1) is 5.92 Å². The predicted octanol–water partition coefficient (Wildman–Crippen LogP) is 2.94. The number of rotatable bonds is 4. The molecule has 7 nitrogen and oxygen atoms in total. The molecule has 28 heavy (non-hydrogen) atoms. The van der Waals surface area contributed by atoms with Gasteiger partial charge in [0.15, 0.2) is 11.9 Å². The van der Waals surface area contributed by atoms with Crippen molar-refractivity contribution >= 4 is 22.8 Å². The molecule has 0 bridgehead atoms. The van der Waals surface area contributed by atoms with Crippen molar-refractivity contribution in [1.29, 1.82) is 0 Å². The van der Waals surface area contributed by atoms with E-state index >= 15 is 4.39 Å². The average molecular weight is 384 g/mol. The number of benzene rings is 1. The molecule has 1 amide bonds. The number of fused-ring (bicyclic) bond motifs is 1. The molecule has 0 radical (unpaired) electrons. The van der Waals surface area contributed by atoms with Crippen molar-refractivity contribution < 1.29 is 19.0 Å². The van der Waals surface area contributed by atoms with Crippen molar-refractivity contribution in [1.82, 2.24) is 14.5 Å². The molecule has 0 unspecified atom stereocenters. The predicted molar refractivity (Wildman–Crippen MR) is 102 cm³/mol. The molecule has 4 atom stereocenters. The third kappa shape index (κ3) is 2.94. The summed E-state index contributed by atoms with van der Waals surface area (Å²) in [6, 6.07) is 10.5. The lowest BCUT2D eigenvalue weighted by molar-refractivity contribution is -0.0562. The van der Waals surface area contributed by atoms with E-state index in [4.69, 9.17) is 4.74 Å². The molecule has 0 spiro atoms. The van der Waals surface area contributed by atoms with E-state index < -0.39 is 23.9 Å². The van der Waals surface area contributed by atoms with Gasteiger partial charge in [-0.25, -0.2) is 14.4 Å². The summed E-state index contributed by atoms with van der Waals surface area (Å²) in [5.74, 6) is -0.447. The second kappa shape index (κ2) is 6.96. The maximum absolute atomic E-state index is 15.4. The first-order chi connectivity index (χ1) is 13.4. The molecule has 146 valence electrons. The van der Waals surface area contributed by atoms with Gasteiger partial charge in [-0.05, 0) is 25.1 Å². The highest BCUT2D eigenvalue weighted by Crippen LogP contribution is 2.46. The molecule has 3 heterocycles. The van der Waals surface area contributed by atoms with E-state index in [0.29, 0.717) is 22.4 Å². The lowest BCUT2D eigenvalue weighted by Crippen LogP contribution is -2.34. The quantitative estimate of drug-likeness (QED) is 0.722. The van der Waals surface area contributed by atoms with Crippen LogP contribution in [0.5, 0.6) is 0 Å². The number of amides is 1. The molecule has 2 aromatic heterocycles. The number of aromatic nitrogens is 3. The van der Waals surface area contributed by atoms with Gasteiger partial charge >= 0.3 is 0 Å². The Morgan fingerprint density at radius 1 is 1.32 bits per heavy atom. The van der Waals surface area contributed by atoms with Gasteiger partial charge in [-0.2, -0.15) is 0 Å². The Labute approximate surface area is 161 Å². The second-order valence-electron chi connectivity index (χ2n) is 7.15. The summed E-state index contributed by atoms with van der Waals surface area (Å²) in [6.07, 6.45) is 1.44. The molecule has 3 aromatic rings. The third-order valence-corrected chi connectivity index (χ3v) is 5.44. The highest BCUT2D eigenvalue weighted by atomic mass is 19.1. The molecule has 1 saturated heterocycles. The summed E-state index contributed by atoms with van der Waals surface area (Å²) >= 11 is 0.